The van der Waals surface area contributed by atoms with Crippen molar-refractivity contribution in [1.29, 1.82) is 0 Å². The topological polar surface area (TPSA) is 92.6 Å². The Morgan fingerprint density at radius 3 is 2.88 bits per heavy atom. The number of rotatable bonds is 1. The van der Waals surface area contributed by atoms with Gasteiger partial charge in [-0.15, -0.1) is 0 Å². The van der Waals surface area contributed by atoms with Crippen molar-refractivity contribution in [2.24, 2.45) is 20.8 Å². The minimum absolute atomic E-state index is 0.152. The van der Waals surface area contributed by atoms with Gasteiger partial charge in [-0.25, -0.2) is 10.0 Å². The molecule has 0 spiro atoms. The van der Waals surface area contributed by atoms with Gasteiger partial charge in [-0.1, -0.05) is 0 Å². The normalized spacial score (nSPS) is 26.8. The third-order valence-corrected chi connectivity index (χ3v) is 2.25. The zero-order chi connectivity index (χ0) is 12.6. The van der Waals surface area contributed by atoms with Crippen LogP contribution >= 0.6 is 0 Å². The molecule has 0 amide bonds. The van der Waals surface area contributed by atoms with Crippen molar-refractivity contribution in [3.63, 3.8) is 0 Å². The van der Waals surface area contributed by atoms with Gasteiger partial charge in [0.1, 0.15) is 5.66 Å². The summed E-state index contributed by atoms with van der Waals surface area (Å²) in [6.45, 7) is 3.14. The molecule has 0 aliphatic carbocycles. The molecule has 0 saturated carbocycles. The van der Waals surface area contributed by atoms with E-state index in [0.29, 0.717) is 11.5 Å². The molecule has 0 fully saturated rings. The lowest BCUT2D eigenvalue weighted by Crippen LogP contribution is -2.44. The highest BCUT2D eigenvalue weighted by molar-refractivity contribution is 6.22. The maximum Gasteiger partial charge on any atom is 0.251 e. The number of nitrogens with two attached hydrogens (primary N) is 1. The van der Waals surface area contributed by atoms with Crippen LogP contribution in [0, 0.1) is 0 Å². The predicted molar refractivity (Wildman–Crippen MR) is 63.6 cm³/mol. The number of hydrogen-bond acceptors (Lipinski definition) is 7. The van der Waals surface area contributed by atoms with E-state index in [0.717, 1.165) is 0 Å². The Kier molecular flexibility index (Phi) is 2.55. The van der Waals surface area contributed by atoms with Crippen molar-refractivity contribution in [3.05, 3.63) is 11.8 Å². The van der Waals surface area contributed by atoms with Crippen LogP contribution in [0.2, 0.25) is 0 Å². The van der Waals surface area contributed by atoms with Gasteiger partial charge in [0.25, 0.3) is 5.96 Å². The Hall–Kier alpha value is -2.02. The average molecular weight is 235 g/mol. The van der Waals surface area contributed by atoms with Crippen LogP contribution in [-0.4, -0.2) is 41.6 Å². The van der Waals surface area contributed by atoms with Crippen molar-refractivity contribution in [2.45, 2.75) is 19.5 Å². The van der Waals surface area contributed by atoms with Gasteiger partial charge in [0.2, 0.25) is 5.90 Å². The maximum absolute atomic E-state index is 11.4. The molecule has 7 nitrogen and oxygen atoms in total. The van der Waals surface area contributed by atoms with Crippen molar-refractivity contribution >= 4 is 23.9 Å². The molecule has 2 N–H and O–H groups in total. The first-order valence-corrected chi connectivity index (χ1v) is 5.02. The molecular formula is C10H13N5O2. The number of aliphatic imine (C=N–C) groups is 2. The molecule has 1 unspecified atom stereocenters. The number of ketones is 1. The molecule has 2 aliphatic rings. The van der Waals surface area contributed by atoms with Gasteiger partial charge >= 0.3 is 0 Å². The Labute approximate surface area is 98.4 Å². The third kappa shape index (κ3) is 2.09. The lowest BCUT2D eigenvalue weighted by molar-refractivity contribution is -0.113. The van der Waals surface area contributed by atoms with Crippen LogP contribution in [-0.2, 0) is 9.53 Å². The van der Waals surface area contributed by atoms with Crippen molar-refractivity contribution < 1.29 is 9.53 Å². The highest BCUT2D eigenvalue weighted by Gasteiger charge is 2.29. The van der Waals surface area contributed by atoms with E-state index in [2.05, 4.69) is 15.1 Å². The predicted octanol–water partition coefficient (Wildman–Crippen LogP) is -0.150. The van der Waals surface area contributed by atoms with E-state index >= 15 is 0 Å². The van der Waals surface area contributed by atoms with E-state index in [1.807, 2.05) is 0 Å². The van der Waals surface area contributed by atoms with Crippen LogP contribution in [0.1, 0.15) is 13.8 Å². The molecule has 2 rings (SSSR count). The quantitative estimate of drug-likeness (QED) is 0.684. The first kappa shape index (κ1) is 11.5. The zero-order valence-corrected chi connectivity index (χ0v) is 9.84. The molecule has 90 valence electrons. The maximum atomic E-state index is 11.4. The molecule has 7 heteroatoms. The number of carbonyl (C=O) groups is 1. The summed E-state index contributed by atoms with van der Waals surface area (Å²) in [6, 6.07) is 0. The summed E-state index contributed by atoms with van der Waals surface area (Å²) >= 11 is 0. The largest absolute Gasteiger partial charge is 0.480 e. The summed E-state index contributed by atoms with van der Waals surface area (Å²) in [6.07, 6.45) is 3.01. The Balaban J connectivity index is 2.44. The standard InChI is InChI=1S/C10H13N5O2/c1-6(16)7-4-15-9(13-8(7)17-3)14-10(2,11)5-12-15/h4-5H,11H2,1-3H3. The molecule has 0 aromatic carbocycles. The molecule has 2 aliphatic heterocycles. The third-order valence-electron chi connectivity index (χ3n) is 2.25. The van der Waals surface area contributed by atoms with Crippen LogP contribution < -0.4 is 5.73 Å². The van der Waals surface area contributed by atoms with Crippen LogP contribution in [0.25, 0.3) is 0 Å². The molecule has 0 radical (unpaired) electrons. The van der Waals surface area contributed by atoms with Gasteiger partial charge in [-0.2, -0.15) is 10.1 Å². The number of nitrogens with zero attached hydrogens (tertiary/aromatic N) is 4. The highest BCUT2D eigenvalue weighted by Crippen LogP contribution is 2.17. The Bertz CT molecular complexity index is 487. The van der Waals surface area contributed by atoms with Crippen LogP contribution in [0.5, 0.6) is 0 Å². The number of fused-ring (bicyclic) bond motifs is 1. The summed E-state index contributed by atoms with van der Waals surface area (Å²) in [5.41, 5.74) is 5.26. The van der Waals surface area contributed by atoms with E-state index in [9.17, 15) is 4.79 Å². The molecule has 0 aromatic rings. The van der Waals surface area contributed by atoms with Gasteiger partial charge in [-0.3, -0.25) is 4.79 Å². The smallest absolute Gasteiger partial charge is 0.251 e. The summed E-state index contributed by atoms with van der Waals surface area (Å²) in [5, 5.41) is 5.46. The summed E-state index contributed by atoms with van der Waals surface area (Å²) in [4.78, 5) is 19.7. The first-order chi connectivity index (χ1) is 7.93. The summed E-state index contributed by atoms with van der Waals surface area (Å²) in [7, 11) is 1.44. The molecule has 0 saturated heterocycles. The number of ether oxygens (including phenoxy) is 1. The lowest BCUT2D eigenvalue weighted by atomic mass is 10.2. The zero-order valence-electron chi connectivity index (χ0n) is 9.84. The molecule has 0 bridgehead atoms. The number of guanidine groups is 1. The van der Waals surface area contributed by atoms with E-state index in [1.165, 1.54) is 31.5 Å². The summed E-state index contributed by atoms with van der Waals surface area (Å²) in [5.74, 6) is 0.376. The lowest BCUT2D eigenvalue weighted by Gasteiger charge is -2.27. The van der Waals surface area contributed by atoms with E-state index in [4.69, 9.17) is 10.5 Å². The Morgan fingerprint density at radius 1 is 1.59 bits per heavy atom. The highest BCUT2D eigenvalue weighted by atomic mass is 16.5. The molecule has 0 aromatic heterocycles. The number of Topliss-reactive ketones (excluding diaryl/α,β-unsaturated/α-hetero) is 1. The minimum atomic E-state index is -0.893. The molecule has 1 atom stereocenters. The van der Waals surface area contributed by atoms with E-state index < -0.39 is 5.66 Å². The minimum Gasteiger partial charge on any atom is -0.480 e. The monoisotopic (exact) mass is 235 g/mol. The summed E-state index contributed by atoms with van der Waals surface area (Å²) < 4.78 is 5.04. The number of methoxy groups -OCH3 is 1. The second kappa shape index (κ2) is 3.77. The number of carbonyl (C=O) groups excluding carboxylic acids is 1. The van der Waals surface area contributed by atoms with Crippen LogP contribution in [0.15, 0.2) is 26.9 Å². The van der Waals surface area contributed by atoms with Crippen molar-refractivity contribution in [2.75, 3.05) is 7.11 Å². The fraction of sp³-hybridized carbons (Fsp3) is 0.400. The van der Waals surface area contributed by atoms with Gasteiger partial charge < -0.3 is 10.5 Å². The van der Waals surface area contributed by atoms with E-state index in [1.54, 1.807) is 6.92 Å². The average Bonchev–Trinajstić information content (AvgIpc) is 2.25. The fourth-order valence-electron chi connectivity index (χ4n) is 1.42. The molecular weight excluding hydrogens is 222 g/mol. The van der Waals surface area contributed by atoms with Gasteiger partial charge in [0.05, 0.1) is 18.9 Å². The van der Waals surface area contributed by atoms with Gasteiger partial charge in [0.15, 0.2) is 5.78 Å². The van der Waals surface area contributed by atoms with Gasteiger partial charge in [-0.05, 0) is 13.8 Å². The van der Waals surface area contributed by atoms with Crippen LogP contribution in [0.3, 0.4) is 0 Å². The molecule has 17 heavy (non-hydrogen) atoms. The molecule has 2 heterocycles. The van der Waals surface area contributed by atoms with E-state index in [-0.39, 0.29) is 11.7 Å². The van der Waals surface area contributed by atoms with Gasteiger partial charge in [0, 0.05) is 6.20 Å². The Morgan fingerprint density at radius 2 is 2.29 bits per heavy atom. The second-order valence-corrected chi connectivity index (χ2v) is 3.95. The number of hydrazone groups is 1. The number of hydrogen-bond donors (Lipinski definition) is 1. The van der Waals surface area contributed by atoms with Crippen molar-refractivity contribution in [1.82, 2.24) is 5.01 Å². The SMILES string of the molecule is COC1=NC2=NC(C)(N)C=NN2C=C1C(C)=O. The van der Waals surface area contributed by atoms with Crippen molar-refractivity contribution in [3.8, 4) is 0 Å². The van der Waals surface area contributed by atoms with Crippen LogP contribution in [0.4, 0.5) is 0 Å². The fourth-order valence-corrected chi connectivity index (χ4v) is 1.42. The second-order valence-electron chi connectivity index (χ2n) is 3.95. The first-order valence-electron chi connectivity index (χ1n) is 5.02.